The summed E-state index contributed by atoms with van der Waals surface area (Å²) in [4.78, 5) is 24.4. The summed E-state index contributed by atoms with van der Waals surface area (Å²) in [6, 6.07) is 9.12. The van der Waals surface area contributed by atoms with Gasteiger partial charge in [-0.05, 0) is 63.1 Å². The number of benzene rings is 2. The maximum absolute atomic E-state index is 13.7. The lowest BCUT2D eigenvalue weighted by Gasteiger charge is -2.21. The molecule has 0 aliphatic carbocycles. The second-order valence-electron chi connectivity index (χ2n) is 7.65. The Morgan fingerprint density at radius 1 is 1.15 bits per heavy atom. The summed E-state index contributed by atoms with van der Waals surface area (Å²) < 4.78 is 14.4. The molecule has 9 heteroatoms. The largest absolute Gasteiger partial charge is 0.490 e. The number of ether oxygens (including phenoxy) is 2. The van der Waals surface area contributed by atoms with E-state index in [4.69, 9.17) is 26.1 Å². The molecule has 7 nitrogen and oxygen atoms in total. The highest BCUT2D eigenvalue weighted by Crippen LogP contribution is 2.35. The Morgan fingerprint density at radius 3 is 2.68 bits per heavy atom. The third-order valence-electron chi connectivity index (χ3n) is 5.36. The zero-order valence-corrected chi connectivity index (χ0v) is 21.0. The Balaban J connectivity index is 1.68. The van der Waals surface area contributed by atoms with Crippen molar-refractivity contribution >= 4 is 44.2 Å². The number of aromatic nitrogens is 3. The van der Waals surface area contributed by atoms with Gasteiger partial charge in [-0.1, -0.05) is 22.9 Å². The molecule has 2 aromatic heterocycles. The molecular formula is C25H27ClN4O3S. The molecule has 0 aliphatic heterocycles. The molecule has 0 radical (unpaired) electrons. The molecule has 4 rings (SSSR count). The van der Waals surface area contributed by atoms with E-state index in [0.29, 0.717) is 47.0 Å². The first-order chi connectivity index (χ1) is 16.5. The van der Waals surface area contributed by atoms with Gasteiger partial charge in [-0.15, -0.1) is 0 Å². The van der Waals surface area contributed by atoms with E-state index in [1.807, 2.05) is 43.7 Å². The zero-order chi connectivity index (χ0) is 24.1. The van der Waals surface area contributed by atoms with Crippen molar-refractivity contribution in [2.24, 2.45) is 0 Å². The van der Waals surface area contributed by atoms with Crippen LogP contribution in [0.4, 0.5) is 5.13 Å². The first kappa shape index (κ1) is 24.0. The molecular weight excluding hydrogens is 472 g/mol. The molecule has 0 atom stereocenters. The van der Waals surface area contributed by atoms with Gasteiger partial charge in [0, 0.05) is 36.1 Å². The zero-order valence-electron chi connectivity index (χ0n) is 19.5. The van der Waals surface area contributed by atoms with Crippen molar-refractivity contribution in [3.05, 3.63) is 65.2 Å². The van der Waals surface area contributed by atoms with Gasteiger partial charge in [-0.25, -0.2) is 9.97 Å². The number of amides is 1. The van der Waals surface area contributed by atoms with E-state index in [1.54, 1.807) is 35.6 Å². The summed E-state index contributed by atoms with van der Waals surface area (Å²) in [5.74, 6) is 1.04. The number of carbonyl (C=O) groups excluding carboxylic acids is 1. The van der Waals surface area contributed by atoms with Crippen LogP contribution in [0.2, 0.25) is 5.02 Å². The molecule has 0 spiro atoms. The summed E-state index contributed by atoms with van der Waals surface area (Å²) in [5, 5.41) is 1.30. The molecule has 0 aliphatic rings. The number of fused-ring (bicyclic) bond motifs is 1. The minimum Gasteiger partial charge on any atom is -0.490 e. The molecule has 0 fully saturated rings. The second kappa shape index (κ2) is 10.9. The van der Waals surface area contributed by atoms with Gasteiger partial charge in [0.1, 0.15) is 0 Å². The molecule has 0 saturated heterocycles. The maximum atomic E-state index is 13.7. The quantitative estimate of drug-likeness (QED) is 0.268. The number of carbonyl (C=O) groups is 1. The summed E-state index contributed by atoms with van der Waals surface area (Å²) in [6.07, 6.45) is 6.18. The van der Waals surface area contributed by atoms with E-state index < -0.39 is 0 Å². The first-order valence-electron chi connectivity index (χ1n) is 11.2. The minimum atomic E-state index is -0.141. The molecule has 34 heavy (non-hydrogen) atoms. The SMILES string of the molecule is CCOc1ccc(C(=O)N(CCCn2ccnc2)c2nc3c(C)c(Cl)ccc3s2)cc1OCC. The van der Waals surface area contributed by atoms with Crippen molar-refractivity contribution in [1.29, 1.82) is 0 Å². The van der Waals surface area contributed by atoms with Crippen LogP contribution < -0.4 is 14.4 Å². The molecule has 0 N–H and O–H groups in total. The smallest absolute Gasteiger partial charge is 0.260 e. The fourth-order valence-corrected chi connectivity index (χ4v) is 4.86. The summed E-state index contributed by atoms with van der Waals surface area (Å²) in [7, 11) is 0. The number of nitrogens with zero attached hydrogens (tertiary/aromatic N) is 4. The van der Waals surface area contributed by atoms with Crippen molar-refractivity contribution in [2.45, 2.75) is 33.7 Å². The lowest BCUT2D eigenvalue weighted by molar-refractivity contribution is 0.0985. The van der Waals surface area contributed by atoms with Gasteiger partial charge >= 0.3 is 0 Å². The van der Waals surface area contributed by atoms with Crippen molar-refractivity contribution in [3.63, 3.8) is 0 Å². The van der Waals surface area contributed by atoms with Crippen LogP contribution in [-0.4, -0.2) is 40.2 Å². The van der Waals surface area contributed by atoms with E-state index in [9.17, 15) is 4.79 Å². The fourth-order valence-electron chi connectivity index (χ4n) is 3.66. The van der Waals surface area contributed by atoms with Gasteiger partial charge in [0.25, 0.3) is 5.91 Å². The number of hydrogen-bond donors (Lipinski definition) is 0. The number of anilines is 1. The third kappa shape index (κ3) is 5.18. The topological polar surface area (TPSA) is 69.5 Å². The predicted molar refractivity (Wildman–Crippen MR) is 137 cm³/mol. The van der Waals surface area contributed by atoms with Crippen molar-refractivity contribution in [1.82, 2.24) is 14.5 Å². The van der Waals surface area contributed by atoms with Crippen molar-refractivity contribution < 1.29 is 14.3 Å². The Hall–Kier alpha value is -3.10. The number of imidazole rings is 1. The van der Waals surface area contributed by atoms with Gasteiger partial charge in [-0.3, -0.25) is 9.69 Å². The Kier molecular flexibility index (Phi) is 7.70. The molecule has 0 unspecified atom stereocenters. The molecule has 0 bridgehead atoms. The molecule has 178 valence electrons. The standard InChI is InChI=1S/C25H27ClN4O3S/c1-4-32-20-9-7-18(15-21(20)33-5-2)24(31)30(13-6-12-29-14-11-27-16-29)25-28-23-17(3)19(26)8-10-22(23)34-25/h7-11,14-16H,4-6,12-13H2,1-3H3. The lowest BCUT2D eigenvalue weighted by Crippen LogP contribution is -2.32. The fraction of sp³-hybridized carbons (Fsp3) is 0.320. The lowest BCUT2D eigenvalue weighted by atomic mass is 10.1. The van der Waals surface area contributed by atoms with Crippen LogP contribution in [-0.2, 0) is 6.54 Å². The molecule has 2 aromatic carbocycles. The number of thiazole rings is 1. The van der Waals surface area contributed by atoms with Crippen LogP contribution in [0.5, 0.6) is 11.5 Å². The van der Waals surface area contributed by atoms with E-state index >= 15 is 0 Å². The van der Waals surface area contributed by atoms with Gasteiger partial charge < -0.3 is 14.0 Å². The third-order valence-corrected chi connectivity index (χ3v) is 6.81. The molecule has 4 aromatic rings. The normalized spacial score (nSPS) is 11.1. The van der Waals surface area contributed by atoms with Gasteiger partial charge in [0.15, 0.2) is 16.6 Å². The highest BCUT2D eigenvalue weighted by atomic mass is 35.5. The summed E-state index contributed by atoms with van der Waals surface area (Å²) >= 11 is 7.80. The Morgan fingerprint density at radius 2 is 1.94 bits per heavy atom. The predicted octanol–water partition coefficient (Wildman–Crippen LogP) is 5.99. The van der Waals surface area contributed by atoms with Crippen LogP contribution in [0, 0.1) is 6.92 Å². The van der Waals surface area contributed by atoms with Crippen LogP contribution in [0.3, 0.4) is 0 Å². The van der Waals surface area contributed by atoms with Gasteiger partial charge in [0.05, 0.1) is 29.8 Å². The molecule has 0 saturated carbocycles. The number of rotatable bonds is 10. The monoisotopic (exact) mass is 498 g/mol. The molecule has 2 heterocycles. The van der Waals surface area contributed by atoms with Crippen LogP contribution in [0.25, 0.3) is 10.2 Å². The van der Waals surface area contributed by atoms with Gasteiger partial charge in [-0.2, -0.15) is 0 Å². The average Bonchev–Trinajstić information content (AvgIpc) is 3.51. The Bertz CT molecular complexity index is 1270. The van der Waals surface area contributed by atoms with Crippen LogP contribution >= 0.6 is 22.9 Å². The van der Waals surface area contributed by atoms with Crippen LogP contribution in [0.1, 0.15) is 36.2 Å². The van der Waals surface area contributed by atoms with Crippen molar-refractivity contribution in [3.8, 4) is 11.5 Å². The number of hydrogen-bond acceptors (Lipinski definition) is 6. The van der Waals surface area contributed by atoms with E-state index in [2.05, 4.69) is 4.98 Å². The van der Waals surface area contributed by atoms with E-state index in [-0.39, 0.29) is 5.91 Å². The Labute approximate surface area is 207 Å². The van der Waals surface area contributed by atoms with E-state index in [0.717, 1.165) is 28.7 Å². The maximum Gasteiger partial charge on any atom is 0.260 e. The van der Waals surface area contributed by atoms with Crippen molar-refractivity contribution in [2.75, 3.05) is 24.7 Å². The number of halogens is 1. The van der Waals surface area contributed by atoms with Gasteiger partial charge in [0.2, 0.25) is 0 Å². The number of aryl methyl sites for hydroxylation is 2. The summed E-state index contributed by atoms with van der Waals surface area (Å²) in [6.45, 7) is 8.00. The van der Waals surface area contributed by atoms with Crippen LogP contribution in [0.15, 0.2) is 49.1 Å². The average molecular weight is 499 g/mol. The summed E-state index contributed by atoms with van der Waals surface area (Å²) in [5.41, 5.74) is 2.25. The first-order valence-corrected chi connectivity index (χ1v) is 12.4. The molecule has 1 amide bonds. The highest BCUT2D eigenvalue weighted by molar-refractivity contribution is 7.22. The second-order valence-corrected chi connectivity index (χ2v) is 9.07. The highest BCUT2D eigenvalue weighted by Gasteiger charge is 2.23. The minimum absolute atomic E-state index is 0.141. The van der Waals surface area contributed by atoms with E-state index in [1.165, 1.54) is 11.3 Å².